The lowest BCUT2D eigenvalue weighted by Gasteiger charge is -2.17. The summed E-state index contributed by atoms with van der Waals surface area (Å²) in [5.41, 5.74) is 0.992. The van der Waals surface area contributed by atoms with E-state index in [4.69, 9.17) is 16.3 Å². The summed E-state index contributed by atoms with van der Waals surface area (Å²) >= 11 is 8.17. The summed E-state index contributed by atoms with van der Waals surface area (Å²) < 4.78 is 18.9. The SMILES string of the molecule is Fc1ccc2c(c1)CC(CC1CSCC1Cl)O2. The highest BCUT2D eigenvalue weighted by atomic mass is 35.5. The second kappa shape index (κ2) is 4.69. The van der Waals surface area contributed by atoms with E-state index in [1.165, 1.54) is 6.07 Å². The Balaban J connectivity index is 1.66. The molecule has 0 radical (unpaired) electrons. The summed E-state index contributed by atoms with van der Waals surface area (Å²) in [6.45, 7) is 0. The molecule has 3 atom stereocenters. The van der Waals surface area contributed by atoms with Gasteiger partial charge in [-0.3, -0.25) is 0 Å². The molecule has 0 aliphatic carbocycles. The number of halogens is 2. The molecule has 0 bridgehead atoms. The van der Waals surface area contributed by atoms with Gasteiger partial charge in [0.15, 0.2) is 0 Å². The molecule has 4 heteroatoms. The van der Waals surface area contributed by atoms with Crippen molar-refractivity contribution in [2.75, 3.05) is 11.5 Å². The molecule has 0 spiro atoms. The Morgan fingerprint density at radius 1 is 1.41 bits per heavy atom. The van der Waals surface area contributed by atoms with Crippen LogP contribution in [0.15, 0.2) is 18.2 Å². The van der Waals surface area contributed by atoms with Crippen molar-refractivity contribution in [1.29, 1.82) is 0 Å². The molecule has 92 valence electrons. The zero-order valence-electron chi connectivity index (χ0n) is 9.36. The molecule has 17 heavy (non-hydrogen) atoms. The van der Waals surface area contributed by atoms with Crippen molar-refractivity contribution in [1.82, 2.24) is 0 Å². The molecule has 0 amide bonds. The second-order valence-electron chi connectivity index (χ2n) is 4.75. The Morgan fingerprint density at radius 3 is 3.06 bits per heavy atom. The van der Waals surface area contributed by atoms with Crippen molar-refractivity contribution in [3.8, 4) is 5.75 Å². The first-order valence-electron chi connectivity index (χ1n) is 5.89. The van der Waals surface area contributed by atoms with Crippen LogP contribution in [0.4, 0.5) is 4.39 Å². The average Bonchev–Trinajstić information content (AvgIpc) is 2.85. The van der Waals surface area contributed by atoms with Gasteiger partial charge in [-0.1, -0.05) is 0 Å². The van der Waals surface area contributed by atoms with Gasteiger partial charge >= 0.3 is 0 Å². The number of hydrogen-bond donors (Lipinski definition) is 0. The molecule has 2 heterocycles. The normalized spacial score (nSPS) is 31.3. The van der Waals surface area contributed by atoms with Gasteiger partial charge in [-0.15, -0.1) is 11.6 Å². The highest BCUT2D eigenvalue weighted by Gasteiger charge is 2.32. The molecule has 2 aliphatic heterocycles. The maximum atomic E-state index is 13.1. The van der Waals surface area contributed by atoms with Gasteiger partial charge < -0.3 is 4.74 Å². The number of ether oxygens (including phenoxy) is 1. The van der Waals surface area contributed by atoms with Crippen molar-refractivity contribution < 1.29 is 9.13 Å². The van der Waals surface area contributed by atoms with Crippen molar-refractivity contribution >= 4 is 23.4 Å². The van der Waals surface area contributed by atoms with Crippen LogP contribution < -0.4 is 4.74 Å². The van der Waals surface area contributed by atoms with Crippen molar-refractivity contribution in [2.24, 2.45) is 5.92 Å². The Hall–Kier alpha value is -0.410. The molecule has 3 unspecified atom stereocenters. The van der Waals surface area contributed by atoms with Crippen LogP contribution in [0.3, 0.4) is 0 Å². The van der Waals surface area contributed by atoms with Crippen LogP contribution >= 0.6 is 23.4 Å². The molecule has 3 rings (SSSR count). The summed E-state index contributed by atoms with van der Waals surface area (Å²) in [4.78, 5) is 0. The summed E-state index contributed by atoms with van der Waals surface area (Å²) in [7, 11) is 0. The fourth-order valence-electron chi connectivity index (χ4n) is 2.55. The van der Waals surface area contributed by atoms with E-state index in [1.54, 1.807) is 12.1 Å². The molecule has 1 nitrogen and oxygen atoms in total. The first-order valence-corrected chi connectivity index (χ1v) is 7.48. The van der Waals surface area contributed by atoms with Crippen LogP contribution in [-0.2, 0) is 6.42 Å². The lowest BCUT2D eigenvalue weighted by Crippen LogP contribution is -2.23. The maximum Gasteiger partial charge on any atom is 0.123 e. The minimum atomic E-state index is -0.181. The first kappa shape index (κ1) is 11.7. The van der Waals surface area contributed by atoms with E-state index >= 15 is 0 Å². The molecule has 0 saturated carbocycles. The number of alkyl halides is 1. The third kappa shape index (κ3) is 2.41. The van der Waals surface area contributed by atoms with Gasteiger partial charge in [0.25, 0.3) is 0 Å². The Labute approximate surface area is 110 Å². The molecule has 1 fully saturated rings. The van der Waals surface area contributed by atoms with E-state index in [2.05, 4.69) is 0 Å². The lowest BCUT2D eigenvalue weighted by molar-refractivity contribution is 0.200. The van der Waals surface area contributed by atoms with Gasteiger partial charge in [0.05, 0.1) is 0 Å². The predicted molar refractivity (Wildman–Crippen MR) is 69.6 cm³/mol. The molecule has 1 aromatic rings. The second-order valence-corrected chi connectivity index (χ2v) is 6.38. The van der Waals surface area contributed by atoms with Gasteiger partial charge in [-0.25, -0.2) is 4.39 Å². The van der Waals surface area contributed by atoms with Gasteiger partial charge in [0, 0.05) is 23.1 Å². The summed E-state index contributed by atoms with van der Waals surface area (Å²) in [6.07, 6.45) is 1.98. The van der Waals surface area contributed by atoms with Crippen molar-refractivity contribution in [2.45, 2.75) is 24.3 Å². The Morgan fingerprint density at radius 2 is 2.29 bits per heavy atom. The standard InChI is InChI=1S/C13H14ClFOS/c14-12-7-17-6-9(12)5-11-4-8-3-10(15)1-2-13(8)16-11/h1-3,9,11-12H,4-7H2. The van der Waals surface area contributed by atoms with E-state index in [0.29, 0.717) is 5.92 Å². The van der Waals surface area contributed by atoms with E-state index < -0.39 is 0 Å². The summed E-state index contributed by atoms with van der Waals surface area (Å²) in [6, 6.07) is 4.76. The van der Waals surface area contributed by atoms with Gasteiger partial charge in [0.1, 0.15) is 17.7 Å². The predicted octanol–water partition coefficient (Wildman–Crippen LogP) is 3.49. The molecular weight excluding hydrogens is 259 g/mol. The zero-order valence-corrected chi connectivity index (χ0v) is 10.9. The molecule has 0 aromatic heterocycles. The van der Waals surface area contributed by atoms with E-state index in [0.717, 1.165) is 35.7 Å². The molecule has 1 aromatic carbocycles. The lowest BCUT2D eigenvalue weighted by atomic mass is 9.98. The fourth-order valence-corrected chi connectivity index (χ4v) is 4.42. The smallest absolute Gasteiger partial charge is 0.123 e. The average molecular weight is 273 g/mol. The summed E-state index contributed by atoms with van der Waals surface area (Å²) in [5, 5.41) is 0.268. The Kier molecular flexibility index (Phi) is 3.22. The molecule has 0 N–H and O–H groups in total. The fraction of sp³-hybridized carbons (Fsp3) is 0.538. The number of rotatable bonds is 2. The van der Waals surface area contributed by atoms with E-state index in [-0.39, 0.29) is 17.3 Å². The third-order valence-electron chi connectivity index (χ3n) is 3.45. The highest BCUT2D eigenvalue weighted by molar-refractivity contribution is 7.99. The van der Waals surface area contributed by atoms with Crippen molar-refractivity contribution in [3.63, 3.8) is 0 Å². The first-order chi connectivity index (χ1) is 8.22. The minimum Gasteiger partial charge on any atom is -0.490 e. The number of benzene rings is 1. The van der Waals surface area contributed by atoms with Gasteiger partial charge in [0.2, 0.25) is 0 Å². The van der Waals surface area contributed by atoms with Crippen LogP contribution in [0.1, 0.15) is 12.0 Å². The monoisotopic (exact) mass is 272 g/mol. The molecular formula is C13H14ClFOS. The molecule has 2 aliphatic rings. The number of fused-ring (bicyclic) bond motifs is 1. The zero-order chi connectivity index (χ0) is 11.8. The number of thioether (sulfide) groups is 1. The summed E-state index contributed by atoms with van der Waals surface area (Å²) in [5.74, 6) is 3.36. The highest BCUT2D eigenvalue weighted by Crippen LogP contribution is 2.36. The van der Waals surface area contributed by atoms with Crippen LogP contribution in [0.5, 0.6) is 5.75 Å². The van der Waals surface area contributed by atoms with Gasteiger partial charge in [-0.05, 0) is 36.3 Å². The van der Waals surface area contributed by atoms with Crippen LogP contribution in [0.2, 0.25) is 0 Å². The topological polar surface area (TPSA) is 9.23 Å². The van der Waals surface area contributed by atoms with Crippen molar-refractivity contribution in [3.05, 3.63) is 29.6 Å². The Bertz CT molecular complexity index is 426. The quantitative estimate of drug-likeness (QED) is 0.762. The minimum absolute atomic E-state index is 0.178. The van der Waals surface area contributed by atoms with Crippen LogP contribution in [0, 0.1) is 11.7 Å². The molecule has 1 saturated heterocycles. The third-order valence-corrected chi connectivity index (χ3v) is 5.40. The van der Waals surface area contributed by atoms with E-state index in [9.17, 15) is 4.39 Å². The van der Waals surface area contributed by atoms with E-state index in [1.807, 2.05) is 11.8 Å². The number of hydrogen-bond acceptors (Lipinski definition) is 2. The van der Waals surface area contributed by atoms with Crippen LogP contribution in [-0.4, -0.2) is 23.0 Å². The largest absolute Gasteiger partial charge is 0.490 e. The maximum absolute atomic E-state index is 13.1. The van der Waals surface area contributed by atoms with Gasteiger partial charge in [-0.2, -0.15) is 11.8 Å². The van der Waals surface area contributed by atoms with Crippen LogP contribution in [0.25, 0.3) is 0 Å².